The summed E-state index contributed by atoms with van der Waals surface area (Å²) in [6, 6.07) is 7.24. The fourth-order valence-corrected chi connectivity index (χ4v) is 1.39. The molecule has 0 heterocycles. The maximum atomic E-state index is 11.9. The van der Waals surface area contributed by atoms with Crippen LogP contribution in [0.4, 0.5) is 0 Å². The van der Waals surface area contributed by atoms with Gasteiger partial charge >= 0.3 is 0 Å². The second-order valence-corrected chi connectivity index (χ2v) is 4.63. The Hall–Kier alpha value is -1.39. The largest absolute Gasteiger partial charge is 0.394 e. The maximum Gasteiger partial charge on any atom is 0.251 e. The minimum Gasteiger partial charge on any atom is -0.394 e. The fourth-order valence-electron chi connectivity index (χ4n) is 1.39. The van der Waals surface area contributed by atoms with Crippen molar-refractivity contribution in [2.75, 3.05) is 13.7 Å². The predicted octanol–water partition coefficient (Wildman–Crippen LogP) is 1.33. The van der Waals surface area contributed by atoms with E-state index in [1.54, 1.807) is 33.1 Å². The van der Waals surface area contributed by atoms with E-state index in [-0.39, 0.29) is 12.5 Å². The average molecular weight is 237 g/mol. The van der Waals surface area contributed by atoms with Crippen molar-refractivity contribution in [1.29, 1.82) is 0 Å². The highest BCUT2D eigenvalue weighted by atomic mass is 16.5. The van der Waals surface area contributed by atoms with Crippen molar-refractivity contribution in [3.8, 4) is 0 Å². The van der Waals surface area contributed by atoms with E-state index in [4.69, 9.17) is 9.84 Å². The quantitative estimate of drug-likeness (QED) is 0.812. The molecule has 0 atom stereocenters. The molecule has 94 valence electrons. The second-order valence-electron chi connectivity index (χ2n) is 4.63. The number of carbonyl (C=O) groups is 1. The van der Waals surface area contributed by atoms with Crippen LogP contribution in [0.25, 0.3) is 0 Å². The number of rotatable bonds is 5. The first-order valence-electron chi connectivity index (χ1n) is 5.50. The minimum absolute atomic E-state index is 0.101. The summed E-state index contributed by atoms with van der Waals surface area (Å²) in [7, 11) is 1.61. The van der Waals surface area contributed by atoms with Crippen LogP contribution in [0.15, 0.2) is 24.3 Å². The van der Waals surface area contributed by atoms with Crippen LogP contribution in [-0.2, 0) is 11.3 Å². The van der Waals surface area contributed by atoms with Gasteiger partial charge in [-0.25, -0.2) is 0 Å². The number of amides is 1. The van der Waals surface area contributed by atoms with Gasteiger partial charge in [0.15, 0.2) is 0 Å². The normalized spacial score (nSPS) is 11.3. The Kier molecular flexibility index (Phi) is 4.66. The molecular formula is C13H19NO3. The number of methoxy groups -OCH3 is 1. The third kappa shape index (κ3) is 4.17. The van der Waals surface area contributed by atoms with Crippen molar-refractivity contribution >= 4 is 5.91 Å². The van der Waals surface area contributed by atoms with Gasteiger partial charge in [-0.15, -0.1) is 0 Å². The van der Waals surface area contributed by atoms with Gasteiger partial charge in [-0.2, -0.15) is 0 Å². The van der Waals surface area contributed by atoms with E-state index in [0.717, 1.165) is 5.56 Å². The number of ether oxygens (including phenoxy) is 1. The lowest BCUT2D eigenvalue weighted by molar-refractivity contribution is 0.0869. The van der Waals surface area contributed by atoms with E-state index in [2.05, 4.69) is 5.32 Å². The summed E-state index contributed by atoms with van der Waals surface area (Å²) >= 11 is 0. The standard InChI is InChI=1S/C13H19NO3/c1-13(2,9-15)14-12(16)11-6-4-5-10(7-11)8-17-3/h4-7,15H,8-9H2,1-3H3,(H,14,16). The molecule has 4 heteroatoms. The van der Waals surface area contributed by atoms with Crippen LogP contribution in [0.5, 0.6) is 0 Å². The summed E-state index contributed by atoms with van der Waals surface area (Å²) in [4.78, 5) is 11.9. The van der Waals surface area contributed by atoms with Crippen LogP contribution in [0.2, 0.25) is 0 Å². The molecule has 0 aliphatic rings. The van der Waals surface area contributed by atoms with Gasteiger partial charge in [0.1, 0.15) is 0 Å². The average Bonchev–Trinajstić information content (AvgIpc) is 2.29. The Morgan fingerprint density at radius 1 is 1.47 bits per heavy atom. The van der Waals surface area contributed by atoms with Gasteiger partial charge in [0.05, 0.1) is 18.8 Å². The molecule has 1 aromatic carbocycles. The number of carbonyl (C=O) groups excluding carboxylic acids is 1. The number of benzene rings is 1. The van der Waals surface area contributed by atoms with Crippen LogP contribution in [0.1, 0.15) is 29.8 Å². The first-order chi connectivity index (χ1) is 7.98. The van der Waals surface area contributed by atoms with Gasteiger partial charge in [0, 0.05) is 12.7 Å². The molecule has 0 fully saturated rings. The monoisotopic (exact) mass is 237 g/mol. The number of hydrogen-bond acceptors (Lipinski definition) is 3. The Balaban J connectivity index is 2.78. The zero-order chi connectivity index (χ0) is 12.9. The van der Waals surface area contributed by atoms with Gasteiger partial charge < -0.3 is 15.2 Å². The molecule has 0 saturated heterocycles. The van der Waals surface area contributed by atoms with E-state index in [0.29, 0.717) is 12.2 Å². The highest BCUT2D eigenvalue weighted by Gasteiger charge is 2.19. The zero-order valence-electron chi connectivity index (χ0n) is 10.5. The van der Waals surface area contributed by atoms with Crippen molar-refractivity contribution < 1.29 is 14.6 Å². The van der Waals surface area contributed by atoms with Crippen LogP contribution < -0.4 is 5.32 Å². The lowest BCUT2D eigenvalue weighted by Gasteiger charge is -2.23. The molecule has 2 N–H and O–H groups in total. The van der Waals surface area contributed by atoms with Gasteiger partial charge in [0.25, 0.3) is 5.91 Å². The van der Waals surface area contributed by atoms with Gasteiger partial charge in [-0.1, -0.05) is 12.1 Å². The summed E-state index contributed by atoms with van der Waals surface area (Å²) in [6.45, 7) is 3.91. The molecule has 1 aromatic rings. The third-order valence-electron chi connectivity index (χ3n) is 2.35. The van der Waals surface area contributed by atoms with Crippen molar-refractivity contribution in [3.63, 3.8) is 0 Å². The summed E-state index contributed by atoms with van der Waals surface area (Å²) in [6.07, 6.45) is 0. The minimum atomic E-state index is -0.617. The van der Waals surface area contributed by atoms with E-state index in [1.807, 2.05) is 12.1 Å². The van der Waals surface area contributed by atoms with Crippen LogP contribution in [0, 0.1) is 0 Å². The molecule has 0 unspecified atom stereocenters. The highest BCUT2D eigenvalue weighted by Crippen LogP contribution is 2.08. The molecule has 4 nitrogen and oxygen atoms in total. The number of aliphatic hydroxyl groups excluding tert-OH is 1. The van der Waals surface area contributed by atoms with E-state index < -0.39 is 5.54 Å². The van der Waals surface area contributed by atoms with Gasteiger partial charge in [0.2, 0.25) is 0 Å². The van der Waals surface area contributed by atoms with Crippen molar-refractivity contribution in [2.24, 2.45) is 0 Å². The van der Waals surface area contributed by atoms with Crippen LogP contribution in [-0.4, -0.2) is 30.3 Å². The maximum absolute atomic E-state index is 11.9. The zero-order valence-corrected chi connectivity index (χ0v) is 10.5. The highest BCUT2D eigenvalue weighted by molar-refractivity contribution is 5.94. The molecule has 1 rings (SSSR count). The first-order valence-corrected chi connectivity index (χ1v) is 5.50. The van der Waals surface area contributed by atoms with E-state index in [1.165, 1.54) is 0 Å². The Labute approximate surface area is 102 Å². The van der Waals surface area contributed by atoms with E-state index in [9.17, 15) is 4.79 Å². The van der Waals surface area contributed by atoms with Crippen molar-refractivity contribution in [2.45, 2.75) is 26.0 Å². The van der Waals surface area contributed by atoms with Crippen molar-refractivity contribution in [1.82, 2.24) is 5.32 Å². The number of hydrogen-bond donors (Lipinski definition) is 2. The lowest BCUT2D eigenvalue weighted by Crippen LogP contribution is -2.46. The molecule has 0 spiro atoms. The SMILES string of the molecule is COCc1cccc(C(=O)NC(C)(C)CO)c1. The van der Waals surface area contributed by atoms with Gasteiger partial charge in [-0.3, -0.25) is 4.79 Å². The third-order valence-corrected chi connectivity index (χ3v) is 2.35. The Bertz CT molecular complexity index is 388. The van der Waals surface area contributed by atoms with Gasteiger partial charge in [-0.05, 0) is 31.5 Å². The van der Waals surface area contributed by atoms with Crippen LogP contribution in [0.3, 0.4) is 0 Å². The first kappa shape index (κ1) is 13.7. The molecule has 0 aliphatic carbocycles. The summed E-state index contributed by atoms with van der Waals surface area (Å²) in [5, 5.41) is 11.9. The topological polar surface area (TPSA) is 58.6 Å². The smallest absolute Gasteiger partial charge is 0.251 e. The molecule has 0 aliphatic heterocycles. The number of aliphatic hydroxyl groups is 1. The van der Waals surface area contributed by atoms with Crippen molar-refractivity contribution in [3.05, 3.63) is 35.4 Å². The summed E-state index contributed by atoms with van der Waals surface area (Å²) < 4.78 is 5.01. The Morgan fingerprint density at radius 3 is 2.76 bits per heavy atom. The second kappa shape index (κ2) is 5.80. The lowest BCUT2D eigenvalue weighted by atomic mass is 10.1. The number of nitrogens with one attached hydrogen (secondary N) is 1. The Morgan fingerprint density at radius 2 is 2.18 bits per heavy atom. The molecule has 0 aromatic heterocycles. The predicted molar refractivity (Wildman–Crippen MR) is 65.8 cm³/mol. The fraction of sp³-hybridized carbons (Fsp3) is 0.462. The molecule has 1 amide bonds. The van der Waals surface area contributed by atoms with E-state index >= 15 is 0 Å². The summed E-state index contributed by atoms with van der Waals surface area (Å²) in [5.41, 5.74) is 0.900. The summed E-state index contributed by atoms with van der Waals surface area (Å²) in [5.74, 6) is -0.193. The molecule has 0 radical (unpaired) electrons. The van der Waals surface area contributed by atoms with Crippen LogP contribution >= 0.6 is 0 Å². The molecular weight excluding hydrogens is 218 g/mol. The molecule has 17 heavy (non-hydrogen) atoms. The molecule has 0 saturated carbocycles. The molecule has 0 bridgehead atoms.